The highest BCUT2D eigenvalue weighted by Crippen LogP contribution is 2.18. The molecule has 0 bridgehead atoms. The van der Waals surface area contributed by atoms with Crippen LogP contribution in [-0.4, -0.2) is 39.7 Å². The van der Waals surface area contributed by atoms with Gasteiger partial charge in [-0.15, -0.1) is 0 Å². The molecule has 0 fully saturated rings. The first-order valence-electron chi connectivity index (χ1n) is 6.46. The molecule has 10 heteroatoms. The van der Waals surface area contributed by atoms with Gasteiger partial charge in [0, 0.05) is 18.9 Å². The summed E-state index contributed by atoms with van der Waals surface area (Å²) in [5.41, 5.74) is 0.185. The predicted octanol–water partition coefficient (Wildman–Crippen LogP) is 1.74. The summed E-state index contributed by atoms with van der Waals surface area (Å²) in [5.74, 6) is -1.32. The molecule has 0 aliphatic rings. The Morgan fingerprint density at radius 3 is 2.65 bits per heavy atom. The van der Waals surface area contributed by atoms with E-state index >= 15 is 0 Å². The van der Waals surface area contributed by atoms with Crippen molar-refractivity contribution >= 4 is 17.5 Å². The number of pyridine rings is 1. The third kappa shape index (κ3) is 4.80. The average Bonchev–Trinajstić information content (AvgIpc) is 2.95. The number of alkyl halides is 3. The number of anilines is 1. The number of nitrogens with zero attached hydrogens (tertiary/aromatic N) is 2. The van der Waals surface area contributed by atoms with Crippen molar-refractivity contribution in [2.45, 2.75) is 12.6 Å². The van der Waals surface area contributed by atoms with E-state index in [2.05, 4.69) is 25.8 Å². The molecule has 2 rings (SSSR count). The number of aromatic nitrogens is 3. The van der Waals surface area contributed by atoms with Crippen LogP contribution < -0.4 is 10.6 Å². The molecule has 2 aromatic heterocycles. The molecule has 0 radical (unpaired) electrons. The minimum Gasteiger partial charge on any atom is -0.350 e. The summed E-state index contributed by atoms with van der Waals surface area (Å²) in [6, 6.07) is 3.08. The molecule has 23 heavy (non-hydrogen) atoms. The molecule has 0 aliphatic carbocycles. The number of carbonyl (C=O) groups excluding carboxylic acids is 2. The molecule has 2 heterocycles. The number of hydrogen-bond acceptors (Lipinski definition) is 4. The summed E-state index contributed by atoms with van der Waals surface area (Å²) in [4.78, 5) is 27.6. The Labute approximate surface area is 128 Å². The predicted molar refractivity (Wildman–Crippen MR) is 73.8 cm³/mol. The highest BCUT2D eigenvalue weighted by Gasteiger charge is 2.27. The van der Waals surface area contributed by atoms with Gasteiger partial charge in [-0.3, -0.25) is 19.7 Å². The van der Waals surface area contributed by atoms with E-state index in [-0.39, 0.29) is 16.9 Å². The average molecular weight is 327 g/mol. The first-order valence-corrected chi connectivity index (χ1v) is 6.46. The van der Waals surface area contributed by atoms with Gasteiger partial charge >= 0.3 is 6.18 Å². The summed E-state index contributed by atoms with van der Waals surface area (Å²) in [6.07, 6.45) is -1.50. The van der Waals surface area contributed by atoms with Crippen LogP contribution in [0.4, 0.5) is 18.9 Å². The molecule has 0 aromatic carbocycles. The maximum Gasteiger partial charge on any atom is 0.390 e. The van der Waals surface area contributed by atoms with Crippen molar-refractivity contribution in [2.75, 3.05) is 11.9 Å². The van der Waals surface area contributed by atoms with Crippen LogP contribution in [0.5, 0.6) is 0 Å². The van der Waals surface area contributed by atoms with Gasteiger partial charge < -0.3 is 10.6 Å². The Kier molecular flexibility index (Phi) is 4.94. The lowest BCUT2D eigenvalue weighted by atomic mass is 10.2. The van der Waals surface area contributed by atoms with Crippen molar-refractivity contribution < 1.29 is 22.8 Å². The first-order chi connectivity index (χ1) is 10.9. The molecule has 2 amide bonds. The molecule has 2 aromatic rings. The fourth-order valence-electron chi connectivity index (χ4n) is 1.65. The second-order valence-corrected chi connectivity index (χ2v) is 4.48. The smallest absolute Gasteiger partial charge is 0.350 e. The van der Waals surface area contributed by atoms with Gasteiger partial charge in [0.15, 0.2) is 0 Å². The molecule has 0 saturated carbocycles. The van der Waals surface area contributed by atoms with Crippen molar-refractivity contribution in [1.82, 2.24) is 20.5 Å². The zero-order valence-electron chi connectivity index (χ0n) is 11.6. The number of halogens is 3. The van der Waals surface area contributed by atoms with E-state index in [1.807, 2.05) is 0 Å². The summed E-state index contributed by atoms with van der Waals surface area (Å²) in [7, 11) is 0. The van der Waals surface area contributed by atoms with Crippen molar-refractivity contribution in [2.24, 2.45) is 0 Å². The monoisotopic (exact) mass is 327 g/mol. The quantitative estimate of drug-likeness (QED) is 0.779. The zero-order chi connectivity index (χ0) is 16.9. The maximum atomic E-state index is 12.1. The van der Waals surface area contributed by atoms with Crippen LogP contribution >= 0.6 is 0 Å². The van der Waals surface area contributed by atoms with Crippen LogP contribution in [0.2, 0.25) is 0 Å². The van der Waals surface area contributed by atoms with Gasteiger partial charge in [-0.1, -0.05) is 0 Å². The van der Waals surface area contributed by atoms with E-state index in [1.54, 1.807) is 6.07 Å². The van der Waals surface area contributed by atoms with Crippen LogP contribution in [0.1, 0.15) is 27.3 Å². The number of H-pyrrole nitrogens is 1. The lowest BCUT2D eigenvalue weighted by molar-refractivity contribution is -0.133. The lowest BCUT2D eigenvalue weighted by Gasteiger charge is -2.08. The Hall–Kier alpha value is -2.91. The molecule has 0 saturated heterocycles. The zero-order valence-corrected chi connectivity index (χ0v) is 11.6. The fourth-order valence-corrected chi connectivity index (χ4v) is 1.65. The summed E-state index contributed by atoms with van der Waals surface area (Å²) >= 11 is 0. The Morgan fingerprint density at radius 1 is 1.22 bits per heavy atom. The molecule has 0 aliphatic heterocycles. The number of nitrogens with one attached hydrogen (secondary N) is 3. The number of amides is 2. The first kappa shape index (κ1) is 16.5. The molecule has 3 N–H and O–H groups in total. The van der Waals surface area contributed by atoms with Gasteiger partial charge in [0.05, 0.1) is 23.9 Å². The van der Waals surface area contributed by atoms with Crippen LogP contribution in [0, 0.1) is 0 Å². The van der Waals surface area contributed by atoms with Gasteiger partial charge in [0.25, 0.3) is 11.8 Å². The normalized spacial score (nSPS) is 11.1. The number of rotatable bonds is 5. The van der Waals surface area contributed by atoms with E-state index in [0.29, 0.717) is 0 Å². The second-order valence-electron chi connectivity index (χ2n) is 4.48. The summed E-state index contributed by atoms with van der Waals surface area (Å²) in [5, 5.41) is 10.5. The topological polar surface area (TPSA) is 99.8 Å². The molecule has 7 nitrogen and oxygen atoms in total. The second kappa shape index (κ2) is 6.90. The van der Waals surface area contributed by atoms with Crippen molar-refractivity contribution in [3.05, 3.63) is 42.0 Å². The highest BCUT2D eigenvalue weighted by molar-refractivity contribution is 6.08. The molecule has 0 unspecified atom stereocenters. The van der Waals surface area contributed by atoms with E-state index in [4.69, 9.17) is 0 Å². The summed E-state index contributed by atoms with van der Waals surface area (Å²) < 4.78 is 36.2. The van der Waals surface area contributed by atoms with Crippen LogP contribution in [0.25, 0.3) is 0 Å². The number of aromatic amines is 1. The van der Waals surface area contributed by atoms with Crippen LogP contribution in [0.3, 0.4) is 0 Å². The molecule has 122 valence electrons. The Bertz CT molecular complexity index is 684. The maximum absolute atomic E-state index is 12.1. The van der Waals surface area contributed by atoms with Gasteiger partial charge in [-0.25, -0.2) is 0 Å². The van der Waals surface area contributed by atoms with Gasteiger partial charge in [0.2, 0.25) is 0 Å². The molecular formula is C13H12F3N5O2. The Balaban J connectivity index is 1.99. The Morgan fingerprint density at radius 2 is 2.00 bits per heavy atom. The van der Waals surface area contributed by atoms with Gasteiger partial charge in [-0.2, -0.15) is 18.3 Å². The van der Waals surface area contributed by atoms with E-state index < -0.39 is 31.0 Å². The highest BCUT2D eigenvalue weighted by atomic mass is 19.4. The largest absolute Gasteiger partial charge is 0.390 e. The fraction of sp³-hybridized carbons (Fsp3) is 0.231. The van der Waals surface area contributed by atoms with Crippen LogP contribution in [-0.2, 0) is 0 Å². The molecular weight excluding hydrogens is 315 g/mol. The number of carbonyl (C=O) groups is 2. The van der Waals surface area contributed by atoms with E-state index in [0.717, 1.165) is 0 Å². The number of hydrogen-bond donors (Lipinski definition) is 3. The molecule has 0 atom stereocenters. The van der Waals surface area contributed by atoms with Gasteiger partial charge in [0.1, 0.15) is 5.69 Å². The minimum absolute atomic E-state index is 0.0587. The van der Waals surface area contributed by atoms with Crippen molar-refractivity contribution in [1.29, 1.82) is 0 Å². The van der Waals surface area contributed by atoms with Crippen LogP contribution in [0.15, 0.2) is 30.7 Å². The third-order valence-electron chi connectivity index (χ3n) is 2.73. The minimum atomic E-state index is -4.36. The third-order valence-corrected chi connectivity index (χ3v) is 2.73. The molecule has 0 spiro atoms. The lowest BCUT2D eigenvalue weighted by Crippen LogP contribution is -2.29. The van der Waals surface area contributed by atoms with E-state index in [9.17, 15) is 22.8 Å². The summed E-state index contributed by atoms with van der Waals surface area (Å²) in [6.45, 7) is -0.572. The standard InChI is InChI=1S/C13H12F3N5O2/c14-13(15,16)3-5-18-12(23)10-9(7-19-21-10)20-11(22)8-2-1-4-17-6-8/h1-2,4,6-7H,3,5H2,(H,18,23)(H,19,21)(H,20,22). The van der Waals surface area contributed by atoms with Crippen molar-refractivity contribution in [3.8, 4) is 0 Å². The van der Waals surface area contributed by atoms with Crippen molar-refractivity contribution in [3.63, 3.8) is 0 Å². The SMILES string of the molecule is O=C(Nc1cn[nH]c1C(=O)NCCC(F)(F)F)c1cccnc1. The van der Waals surface area contributed by atoms with E-state index in [1.165, 1.54) is 24.7 Å². The van der Waals surface area contributed by atoms with Gasteiger partial charge in [-0.05, 0) is 12.1 Å².